The lowest BCUT2D eigenvalue weighted by atomic mass is 10.3. The predicted octanol–water partition coefficient (Wildman–Crippen LogP) is 3.52. The summed E-state index contributed by atoms with van der Waals surface area (Å²) in [6, 6.07) is 6.05. The number of nitrogens with zero attached hydrogens (tertiary/aromatic N) is 1. The van der Waals surface area contributed by atoms with Crippen molar-refractivity contribution in [1.82, 2.24) is 4.98 Å². The molecule has 0 spiro atoms. The van der Waals surface area contributed by atoms with Crippen LogP contribution in [0.5, 0.6) is 5.75 Å². The number of aromatic nitrogens is 1. The Bertz CT molecular complexity index is 467. The van der Waals surface area contributed by atoms with E-state index in [0.717, 1.165) is 36.0 Å². The minimum atomic E-state index is 0.768. The van der Waals surface area contributed by atoms with Crippen LogP contribution in [-0.2, 0) is 0 Å². The van der Waals surface area contributed by atoms with Gasteiger partial charge >= 0.3 is 0 Å². The lowest BCUT2D eigenvalue weighted by molar-refractivity contribution is 0.318. The molecule has 0 bridgehead atoms. The fourth-order valence-electron chi connectivity index (χ4n) is 1.44. The molecule has 3 nitrogen and oxygen atoms in total. The molecule has 1 aromatic carbocycles. The van der Waals surface area contributed by atoms with Gasteiger partial charge in [-0.2, -0.15) is 0 Å². The number of thiazole rings is 1. The average Bonchev–Trinajstić information content (AvgIpc) is 2.68. The monoisotopic (exact) mass is 236 g/mol. The number of benzene rings is 1. The molecule has 0 radical (unpaired) electrons. The standard InChI is InChI=1S/C12H16N2OS/c1-3-7-15-9-5-6-10-11(8-9)16-12(14-10)13-4-2/h5-6,8H,3-4,7H2,1-2H3,(H,13,14). The molecule has 0 aliphatic rings. The van der Waals surface area contributed by atoms with Crippen LogP contribution in [0.3, 0.4) is 0 Å². The summed E-state index contributed by atoms with van der Waals surface area (Å²) in [5, 5.41) is 4.20. The van der Waals surface area contributed by atoms with E-state index in [-0.39, 0.29) is 0 Å². The lowest BCUT2D eigenvalue weighted by Crippen LogP contribution is -1.94. The maximum Gasteiger partial charge on any atom is 0.183 e. The largest absolute Gasteiger partial charge is 0.494 e. The van der Waals surface area contributed by atoms with Crippen LogP contribution in [-0.4, -0.2) is 18.1 Å². The van der Waals surface area contributed by atoms with Crippen LogP contribution in [0.15, 0.2) is 18.2 Å². The number of fused-ring (bicyclic) bond motifs is 1. The smallest absolute Gasteiger partial charge is 0.183 e. The Labute approximate surface area is 99.5 Å². The van der Waals surface area contributed by atoms with Gasteiger partial charge in [0, 0.05) is 6.54 Å². The van der Waals surface area contributed by atoms with Gasteiger partial charge in [-0.25, -0.2) is 4.98 Å². The first-order valence-corrected chi connectivity index (χ1v) is 6.42. The Balaban J connectivity index is 2.23. The van der Waals surface area contributed by atoms with Crippen LogP contribution in [0.25, 0.3) is 10.2 Å². The first-order chi connectivity index (χ1) is 7.83. The molecule has 2 rings (SSSR count). The molecule has 0 fully saturated rings. The Morgan fingerprint density at radius 1 is 1.38 bits per heavy atom. The van der Waals surface area contributed by atoms with Gasteiger partial charge in [-0.15, -0.1) is 0 Å². The maximum absolute atomic E-state index is 5.59. The first-order valence-electron chi connectivity index (χ1n) is 5.60. The summed E-state index contributed by atoms with van der Waals surface area (Å²) in [5.41, 5.74) is 1.03. The molecule has 0 atom stereocenters. The lowest BCUT2D eigenvalue weighted by Gasteiger charge is -2.02. The van der Waals surface area contributed by atoms with Gasteiger partial charge in [0.25, 0.3) is 0 Å². The highest BCUT2D eigenvalue weighted by Gasteiger charge is 2.04. The fraction of sp³-hybridized carbons (Fsp3) is 0.417. The van der Waals surface area contributed by atoms with Crippen molar-refractivity contribution in [2.24, 2.45) is 0 Å². The predicted molar refractivity (Wildman–Crippen MR) is 69.6 cm³/mol. The molecule has 0 saturated carbocycles. The molecule has 0 saturated heterocycles. The molecule has 0 aliphatic carbocycles. The highest BCUT2D eigenvalue weighted by molar-refractivity contribution is 7.22. The number of nitrogens with one attached hydrogen (secondary N) is 1. The van der Waals surface area contributed by atoms with Gasteiger partial charge < -0.3 is 10.1 Å². The van der Waals surface area contributed by atoms with Crippen molar-refractivity contribution < 1.29 is 4.74 Å². The van der Waals surface area contributed by atoms with Crippen LogP contribution >= 0.6 is 11.3 Å². The van der Waals surface area contributed by atoms with Gasteiger partial charge in [0.15, 0.2) is 5.13 Å². The van der Waals surface area contributed by atoms with Crippen molar-refractivity contribution in [3.8, 4) is 5.75 Å². The molecule has 0 unspecified atom stereocenters. The Hall–Kier alpha value is -1.29. The van der Waals surface area contributed by atoms with Crippen molar-refractivity contribution in [3.05, 3.63) is 18.2 Å². The summed E-state index contributed by atoms with van der Waals surface area (Å²) in [6.45, 7) is 5.85. The third-order valence-electron chi connectivity index (χ3n) is 2.16. The summed E-state index contributed by atoms with van der Waals surface area (Å²) >= 11 is 1.67. The molecular formula is C12H16N2OS. The van der Waals surface area contributed by atoms with Gasteiger partial charge in [0.2, 0.25) is 0 Å². The van der Waals surface area contributed by atoms with Gasteiger partial charge in [-0.05, 0) is 31.5 Å². The SMILES string of the molecule is CCCOc1ccc2nc(NCC)sc2c1. The van der Waals surface area contributed by atoms with E-state index in [1.165, 1.54) is 4.70 Å². The first kappa shape index (κ1) is 11.2. The molecule has 1 N–H and O–H groups in total. The Kier molecular flexibility index (Phi) is 3.62. The van der Waals surface area contributed by atoms with Crippen LogP contribution in [0.1, 0.15) is 20.3 Å². The molecular weight excluding hydrogens is 220 g/mol. The quantitative estimate of drug-likeness (QED) is 0.862. The number of anilines is 1. The minimum absolute atomic E-state index is 0.768. The summed E-state index contributed by atoms with van der Waals surface area (Å²) in [5.74, 6) is 0.932. The second-order valence-corrected chi connectivity index (χ2v) is 4.56. The Morgan fingerprint density at radius 2 is 2.25 bits per heavy atom. The van der Waals surface area contributed by atoms with Crippen LogP contribution < -0.4 is 10.1 Å². The van der Waals surface area contributed by atoms with Gasteiger partial charge in [0.05, 0.1) is 16.8 Å². The Morgan fingerprint density at radius 3 is 3.00 bits per heavy atom. The van der Waals surface area contributed by atoms with E-state index in [4.69, 9.17) is 4.74 Å². The molecule has 0 amide bonds. The van der Waals surface area contributed by atoms with E-state index in [2.05, 4.69) is 30.2 Å². The fourth-order valence-corrected chi connectivity index (χ4v) is 2.40. The van der Waals surface area contributed by atoms with Gasteiger partial charge in [-0.3, -0.25) is 0 Å². The van der Waals surface area contributed by atoms with E-state index in [9.17, 15) is 0 Å². The van der Waals surface area contributed by atoms with Crippen molar-refractivity contribution >= 4 is 26.7 Å². The third-order valence-corrected chi connectivity index (χ3v) is 3.14. The van der Waals surface area contributed by atoms with Crippen molar-refractivity contribution in [2.75, 3.05) is 18.5 Å². The van der Waals surface area contributed by atoms with Gasteiger partial charge in [-0.1, -0.05) is 18.3 Å². The number of hydrogen-bond donors (Lipinski definition) is 1. The zero-order valence-corrected chi connectivity index (χ0v) is 10.4. The van der Waals surface area contributed by atoms with E-state index in [1.807, 2.05) is 12.1 Å². The van der Waals surface area contributed by atoms with E-state index >= 15 is 0 Å². The summed E-state index contributed by atoms with van der Waals surface area (Å²) in [4.78, 5) is 4.48. The minimum Gasteiger partial charge on any atom is -0.494 e. The van der Waals surface area contributed by atoms with Crippen LogP contribution in [0.2, 0.25) is 0 Å². The second kappa shape index (κ2) is 5.16. The highest BCUT2D eigenvalue weighted by Crippen LogP contribution is 2.29. The molecule has 2 aromatic rings. The summed E-state index contributed by atoms with van der Waals surface area (Å²) < 4.78 is 6.76. The summed E-state index contributed by atoms with van der Waals surface area (Å²) in [6.07, 6.45) is 1.03. The number of hydrogen-bond acceptors (Lipinski definition) is 4. The van der Waals surface area contributed by atoms with E-state index in [1.54, 1.807) is 11.3 Å². The van der Waals surface area contributed by atoms with Crippen LogP contribution in [0.4, 0.5) is 5.13 Å². The van der Waals surface area contributed by atoms with E-state index in [0.29, 0.717) is 0 Å². The zero-order chi connectivity index (χ0) is 11.4. The molecule has 86 valence electrons. The average molecular weight is 236 g/mol. The molecule has 1 heterocycles. The highest BCUT2D eigenvalue weighted by atomic mass is 32.1. The number of rotatable bonds is 5. The molecule has 0 aliphatic heterocycles. The van der Waals surface area contributed by atoms with Crippen molar-refractivity contribution in [2.45, 2.75) is 20.3 Å². The third kappa shape index (κ3) is 2.44. The molecule has 4 heteroatoms. The maximum atomic E-state index is 5.59. The van der Waals surface area contributed by atoms with Crippen molar-refractivity contribution in [1.29, 1.82) is 0 Å². The second-order valence-electron chi connectivity index (χ2n) is 3.53. The zero-order valence-electron chi connectivity index (χ0n) is 9.62. The van der Waals surface area contributed by atoms with E-state index < -0.39 is 0 Å². The van der Waals surface area contributed by atoms with Gasteiger partial charge in [0.1, 0.15) is 5.75 Å². The normalized spacial score (nSPS) is 10.6. The molecule has 1 aromatic heterocycles. The number of ether oxygens (including phenoxy) is 1. The molecule has 16 heavy (non-hydrogen) atoms. The topological polar surface area (TPSA) is 34.1 Å². The summed E-state index contributed by atoms with van der Waals surface area (Å²) in [7, 11) is 0. The van der Waals surface area contributed by atoms with Crippen molar-refractivity contribution in [3.63, 3.8) is 0 Å². The van der Waals surface area contributed by atoms with Crippen LogP contribution in [0, 0.1) is 0 Å².